The molecule has 0 radical (unpaired) electrons. The first-order valence-electron chi connectivity index (χ1n) is 5.47. The number of aromatic nitrogens is 3. The zero-order chi connectivity index (χ0) is 12.4. The number of nitrogens with two attached hydrogens (primary N) is 1. The molecule has 0 spiro atoms. The fourth-order valence-corrected chi connectivity index (χ4v) is 1.92. The number of aryl methyl sites for hydroxylation is 2. The molecule has 1 heterocycles. The highest BCUT2D eigenvalue weighted by molar-refractivity contribution is 5.21. The van der Waals surface area contributed by atoms with E-state index in [0.29, 0.717) is 12.4 Å². The fourth-order valence-electron chi connectivity index (χ4n) is 1.92. The van der Waals surface area contributed by atoms with Crippen LogP contribution in [0.1, 0.15) is 23.3 Å². The monoisotopic (exact) mass is 234 g/mol. The van der Waals surface area contributed by atoms with Crippen molar-refractivity contribution >= 4 is 0 Å². The first-order valence-corrected chi connectivity index (χ1v) is 5.47. The lowest BCUT2D eigenvalue weighted by molar-refractivity contribution is 0.510. The van der Waals surface area contributed by atoms with Gasteiger partial charge in [0.1, 0.15) is 17.5 Å². The summed E-state index contributed by atoms with van der Waals surface area (Å²) in [6, 6.07) is 6.24. The molecule has 2 aromatic rings. The van der Waals surface area contributed by atoms with Crippen molar-refractivity contribution in [3.8, 4) is 0 Å². The van der Waals surface area contributed by atoms with Crippen LogP contribution in [-0.4, -0.2) is 21.3 Å². The summed E-state index contributed by atoms with van der Waals surface area (Å²) in [6.07, 6.45) is 0. The van der Waals surface area contributed by atoms with Gasteiger partial charge in [0.05, 0.1) is 6.04 Å². The molecule has 5 heteroatoms. The van der Waals surface area contributed by atoms with Gasteiger partial charge in [0.25, 0.3) is 0 Å². The van der Waals surface area contributed by atoms with Crippen molar-refractivity contribution in [2.45, 2.75) is 19.9 Å². The molecule has 0 saturated heterocycles. The van der Waals surface area contributed by atoms with E-state index in [2.05, 4.69) is 10.1 Å². The number of hydrogen-bond acceptors (Lipinski definition) is 3. The van der Waals surface area contributed by atoms with Crippen molar-refractivity contribution < 1.29 is 4.39 Å². The van der Waals surface area contributed by atoms with Crippen LogP contribution in [0.2, 0.25) is 0 Å². The maximum atomic E-state index is 13.2. The van der Waals surface area contributed by atoms with Gasteiger partial charge in [-0.05, 0) is 31.5 Å². The van der Waals surface area contributed by atoms with Crippen LogP contribution in [0.15, 0.2) is 24.3 Å². The first-order chi connectivity index (χ1) is 8.11. The predicted molar refractivity (Wildman–Crippen MR) is 63.1 cm³/mol. The summed E-state index contributed by atoms with van der Waals surface area (Å²) in [6.45, 7) is 4.04. The van der Waals surface area contributed by atoms with Crippen LogP contribution in [0.5, 0.6) is 0 Å². The van der Waals surface area contributed by atoms with Crippen LogP contribution >= 0.6 is 0 Å². The molecule has 0 fully saturated rings. The molecule has 0 bridgehead atoms. The van der Waals surface area contributed by atoms with Crippen LogP contribution < -0.4 is 5.73 Å². The Labute approximate surface area is 99.3 Å². The third-order valence-electron chi connectivity index (χ3n) is 2.66. The van der Waals surface area contributed by atoms with E-state index in [9.17, 15) is 4.39 Å². The van der Waals surface area contributed by atoms with Crippen molar-refractivity contribution in [3.05, 3.63) is 47.3 Å². The first kappa shape index (κ1) is 11.7. The van der Waals surface area contributed by atoms with E-state index in [4.69, 9.17) is 5.73 Å². The fraction of sp³-hybridized carbons (Fsp3) is 0.333. The average Bonchev–Trinajstić information content (AvgIpc) is 2.59. The summed E-state index contributed by atoms with van der Waals surface area (Å²) in [5.74, 6) is 1.20. The number of benzene rings is 1. The van der Waals surface area contributed by atoms with Gasteiger partial charge in [-0.15, -0.1) is 0 Å². The zero-order valence-corrected chi connectivity index (χ0v) is 9.89. The Kier molecular flexibility index (Phi) is 3.19. The second kappa shape index (κ2) is 4.63. The van der Waals surface area contributed by atoms with Crippen LogP contribution in [0.4, 0.5) is 4.39 Å². The minimum absolute atomic E-state index is 0.174. The molecule has 0 amide bonds. The van der Waals surface area contributed by atoms with Gasteiger partial charge >= 0.3 is 0 Å². The van der Waals surface area contributed by atoms with Crippen molar-refractivity contribution in [3.63, 3.8) is 0 Å². The van der Waals surface area contributed by atoms with Crippen molar-refractivity contribution in [1.29, 1.82) is 0 Å². The zero-order valence-electron chi connectivity index (χ0n) is 9.89. The highest BCUT2D eigenvalue weighted by Crippen LogP contribution is 2.18. The summed E-state index contributed by atoms with van der Waals surface area (Å²) in [5.41, 5.74) is 6.56. The maximum absolute atomic E-state index is 13.2. The Morgan fingerprint density at radius 1 is 1.41 bits per heavy atom. The number of hydrogen-bond donors (Lipinski definition) is 1. The molecule has 1 aromatic carbocycles. The second-order valence-corrected chi connectivity index (χ2v) is 3.96. The summed E-state index contributed by atoms with van der Waals surface area (Å²) >= 11 is 0. The van der Waals surface area contributed by atoms with E-state index >= 15 is 0 Å². The van der Waals surface area contributed by atoms with Gasteiger partial charge in [-0.2, -0.15) is 5.10 Å². The summed E-state index contributed by atoms with van der Waals surface area (Å²) in [7, 11) is 0. The normalized spacial score (nSPS) is 12.7. The van der Waals surface area contributed by atoms with Crippen molar-refractivity contribution in [2.75, 3.05) is 6.54 Å². The summed E-state index contributed by atoms with van der Waals surface area (Å²) < 4.78 is 14.9. The number of nitrogens with zero attached hydrogens (tertiary/aromatic N) is 3. The lowest BCUT2D eigenvalue weighted by Gasteiger charge is -2.16. The minimum atomic E-state index is -0.268. The van der Waals surface area contributed by atoms with E-state index in [0.717, 1.165) is 11.4 Å². The lowest BCUT2D eigenvalue weighted by Crippen LogP contribution is -2.22. The Morgan fingerprint density at radius 3 is 2.71 bits per heavy atom. The lowest BCUT2D eigenvalue weighted by atomic mass is 10.1. The van der Waals surface area contributed by atoms with Gasteiger partial charge in [-0.1, -0.05) is 12.1 Å². The molecule has 1 unspecified atom stereocenters. The van der Waals surface area contributed by atoms with Crippen LogP contribution in [-0.2, 0) is 0 Å². The molecule has 0 saturated carbocycles. The van der Waals surface area contributed by atoms with Gasteiger partial charge in [0.15, 0.2) is 0 Å². The molecule has 4 nitrogen and oxygen atoms in total. The SMILES string of the molecule is Cc1nc(C)n(C(CN)c2cccc(F)c2)n1. The predicted octanol–water partition coefficient (Wildman–Crippen LogP) is 1.58. The Morgan fingerprint density at radius 2 is 2.18 bits per heavy atom. The van der Waals surface area contributed by atoms with E-state index in [1.165, 1.54) is 12.1 Å². The number of halogens is 1. The molecule has 1 aromatic heterocycles. The molecule has 0 aliphatic carbocycles. The minimum Gasteiger partial charge on any atom is -0.328 e. The number of rotatable bonds is 3. The quantitative estimate of drug-likeness (QED) is 0.877. The van der Waals surface area contributed by atoms with Crippen molar-refractivity contribution in [1.82, 2.24) is 14.8 Å². The average molecular weight is 234 g/mol. The molecule has 90 valence electrons. The van der Waals surface area contributed by atoms with Gasteiger partial charge in [0, 0.05) is 6.54 Å². The second-order valence-electron chi connectivity index (χ2n) is 3.96. The van der Waals surface area contributed by atoms with Crippen LogP contribution in [0.25, 0.3) is 0 Å². The third kappa shape index (κ3) is 2.34. The van der Waals surface area contributed by atoms with Crippen molar-refractivity contribution in [2.24, 2.45) is 5.73 Å². The molecule has 17 heavy (non-hydrogen) atoms. The molecule has 2 N–H and O–H groups in total. The van der Waals surface area contributed by atoms with Gasteiger partial charge < -0.3 is 5.73 Å². The highest BCUT2D eigenvalue weighted by atomic mass is 19.1. The van der Waals surface area contributed by atoms with Crippen LogP contribution in [0, 0.1) is 19.7 Å². The Hall–Kier alpha value is -1.75. The Bertz CT molecular complexity index is 521. The summed E-state index contributed by atoms with van der Waals surface area (Å²) in [4.78, 5) is 4.23. The molecule has 2 rings (SSSR count). The van der Waals surface area contributed by atoms with Gasteiger partial charge in [-0.3, -0.25) is 0 Å². The summed E-state index contributed by atoms with van der Waals surface area (Å²) in [5, 5.41) is 4.29. The molecule has 1 atom stereocenters. The van der Waals surface area contributed by atoms with E-state index in [1.54, 1.807) is 10.7 Å². The molecule has 0 aliphatic heterocycles. The van der Waals surface area contributed by atoms with Gasteiger partial charge in [0.2, 0.25) is 0 Å². The van der Waals surface area contributed by atoms with E-state index in [1.807, 2.05) is 19.9 Å². The molecular weight excluding hydrogens is 219 g/mol. The van der Waals surface area contributed by atoms with E-state index in [-0.39, 0.29) is 11.9 Å². The topological polar surface area (TPSA) is 56.7 Å². The molecular formula is C12H15FN4. The third-order valence-corrected chi connectivity index (χ3v) is 2.66. The Balaban J connectivity index is 2.43. The maximum Gasteiger partial charge on any atom is 0.147 e. The van der Waals surface area contributed by atoms with Crippen LogP contribution in [0.3, 0.4) is 0 Å². The highest BCUT2D eigenvalue weighted by Gasteiger charge is 2.16. The molecule has 0 aliphatic rings. The largest absolute Gasteiger partial charge is 0.328 e. The van der Waals surface area contributed by atoms with Gasteiger partial charge in [-0.25, -0.2) is 14.1 Å². The van der Waals surface area contributed by atoms with E-state index < -0.39 is 0 Å². The smallest absolute Gasteiger partial charge is 0.147 e. The standard InChI is InChI=1S/C12H15FN4/c1-8-15-9(2)17(16-8)12(7-14)10-4-3-5-11(13)6-10/h3-6,12H,7,14H2,1-2H3.